The Morgan fingerprint density at radius 3 is 2.64 bits per heavy atom. The van der Waals surface area contributed by atoms with Crippen LogP contribution in [0.1, 0.15) is 29.4 Å². The molecule has 1 aromatic rings. The van der Waals surface area contributed by atoms with Gasteiger partial charge in [0, 0.05) is 13.1 Å². The van der Waals surface area contributed by atoms with Crippen LogP contribution < -0.4 is 11.1 Å². The highest BCUT2D eigenvalue weighted by Crippen LogP contribution is 2.22. The fourth-order valence-corrected chi connectivity index (χ4v) is 2.66. The third-order valence-corrected chi connectivity index (χ3v) is 3.88. The van der Waals surface area contributed by atoms with Gasteiger partial charge in [0.2, 0.25) is 5.91 Å². The zero-order valence-electron chi connectivity index (χ0n) is 11.8. The molecule has 2 fully saturated rings. The van der Waals surface area contributed by atoms with Crippen molar-refractivity contribution in [3.05, 3.63) is 11.9 Å². The first kappa shape index (κ1) is 14.3. The summed E-state index contributed by atoms with van der Waals surface area (Å²) in [6.07, 6.45) is 2.34. The van der Waals surface area contributed by atoms with Crippen molar-refractivity contribution in [2.75, 3.05) is 19.7 Å². The van der Waals surface area contributed by atoms with Crippen molar-refractivity contribution in [3.63, 3.8) is 0 Å². The normalized spacial score (nSPS) is 22.3. The van der Waals surface area contributed by atoms with Crippen molar-refractivity contribution in [3.8, 4) is 0 Å². The van der Waals surface area contributed by atoms with E-state index in [2.05, 4.69) is 15.6 Å². The minimum Gasteiger partial charge on any atom is -0.447 e. The van der Waals surface area contributed by atoms with E-state index in [1.165, 1.54) is 6.20 Å². The maximum Gasteiger partial charge on any atom is 0.407 e. The molecule has 0 spiro atoms. The number of hydrogen-bond acceptors (Lipinski definition) is 6. The van der Waals surface area contributed by atoms with E-state index in [1.807, 2.05) is 0 Å². The Labute approximate surface area is 125 Å². The number of piperidine rings is 1. The van der Waals surface area contributed by atoms with E-state index < -0.39 is 18.0 Å². The second kappa shape index (κ2) is 5.62. The number of nitrogens with one attached hydrogen (secondary N) is 1. The number of cyclic esters (lactones) is 1. The predicted molar refractivity (Wildman–Crippen MR) is 71.7 cm³/mol. The first-order valence-electron chi connectivity index (χ1n) is 6.98. The molecular formula is C12H16N6O4. The minimum atomic E-state index is -0.615. The highest BCUT2D eigenvalue weighted by Gasteiger charge is 2.34. The highest BCUT2D eigenvalue weighted by atomic mass is 16.6. The molecular weight excluding hydrogens is 292 g/mol. The van der Waals surface area contributed by atoms with Crippen LogP contribution in [-0.4, -0.2) is 63.5 Å². The van der Waals surface area contributed by atoms with E-state index in [0.29, 0.717) is 25.9 Å². The highest BCUT2D eigenvalue weighted by molar-refractivity contribution is 5.90. The molecule has 0 bridgehead atoms. The number of alkyl carbamates (subject to hydrolysis) is 1. The number of likely N-dealkylation sites (tertiary alicyclic amines) is 1. The lowest BCUT2D eigenvalue weighted by Crippen LogP contribution is -2.48. The molecule has 0 aliphatic carbocycles. The Morgan fingerprint density at radius 2 is 2.09 bits per heavy atom. The number of amides is 3. The van der Waals surface area contributed by atoms with E-state index >= 15 is 0 Å². The molecule has 10 nitrogen and oxygen atoms in total. The van der Waals surface area contributed by atoms with Gasteiger partial charge in [-0.1, -0.05) is 5.21 Å². The summed E-state index contributed by atoms with van der Waals surface area (Å²) in [4.78, 5) is 35.9. The summed E-state index contributed by atoms with van der Waals surface area (Å²) in [6, 6.07) is -0.532. The standard InChI is InChI=1S/C12H16N6O4/c13-10(19)8-5-18(16-15-8)7-1-3-17(4-2-7)11(20)9-6-22-12(21)14-9/h5,7,9H,1-4,6H2,(H2,13,19)(H,14,21)/t9-/m0/s1. The van der Waals surface area contributed by atoms with Gasteiger partial charge in [-0.2, -0.15) is 0 Å². The Morgan fingerprint density at radius 1 is 1.36 bits per heavy atom. The number of nitrogens with two attached hydrogens (primary N) is 1. The molecule has 2 aliphatic heterocycles. The second-order valence-corrected chi connectivity index (χ2v) is 5.30. The Kier molecular flexibility index (Phi) is 3.65. The maximum atomic E-state index is 12.2. The smallest absolute Gasteiger partial charge is 0.407 e. The van der Waals surface area contributed by atoms with Crippen molar-refractivity contribution < 1.29 is 19.1 Å². The number of carbonyl (C=O) groups excluding carboxylic acids is 3. The summed E-state index contributed by atoms with van der Waals surface area (Å²) in [5.74, 6) is -0.753. The molecule has 2 aliphatic rings. The number of rotatable bonds is 3. The predicted octanol–water partition coefficient (Wildman–Crippen LogP) is -1.35. The monoisotopic (exact) mass is 308 g/mol. The second-order valence-electron chi connectivity index (χ2n) is 5.30. The summed E-state index contributed by atoms with van der Waals surface area (Å²) >= 11 is 0. The Balaban J connectivity index is 1.56. The number of ether oxygens (including phenoxy) is 1. The lowest BCUT2D eigenvalue weighted by atomic mass is 10.0. The first-order valence-corrected chi connectivity index (χ1v) is 6.98. The molecule has 22 heavy (non-hydrogen) atoms. The van der Waals surface area contributed by atoms with Crippen LogP contribution in [0.2, 0.25) is 0 Å². The quantitative estimate of drug-likeness (QED) is 0.709. The summed E-state index contributed by atoms with van der Waals surface area (Å²) in [6.45, 7) is 1.16. The van der Waals surface area contributed by atoms with Gasteiger partial charge >= 0.3 is 6.09 Å². The molecule has 0 aromatic carbocycles. The number of hydrogen-bond donors (Lipinski definition) is 2. The zero-order chi connectivity index (χ0) is 15.7. The van der Waals surface area contributed by atoms with Crippen LogP contribution in [0, 0.1) is 0 Å². The minimum absolute atomic E-state index is 0.0686. The third kappa shape index (κ3) is 2.71. The average Bonchev–Trinajstić information content (AvgIpc) is 3.16. The summed E-state index contributed by atoms with van der Waals surface area (Å²) in [7, 11) is 0. The molecule has 0 radical (unpaired) electrons. The largest absolute Gasteiger partial charge is 0.447 e. The summed E-state index contributed by atoms with van der Waals surface area (Å²) in [5.41, 5.74) is 5.27. The molecule has 3 amide bonds. The van der Waals surface area contributed by atoms with Crippen molar-refractivity contribution >= 4 is 17.9 Å². The number of aromatic nitrogens is 3. The molecule has 1 aromatic heterocycles. The summed E-state index contributed by atoms with van der Waals surface area (Å²) < 4.78 is 6.34. The SMILES string of the molecule is NC(=O)c1cn(C2CCN(C(=O)[C@@H]3COC(=O)N3)CC2)nn1. The van der Waals surface area contributed by atoms with Gasteiger partial charge in [-0.25, -0.2) is 9.48 Å². The molecule has 0 saturated carbocycles. The number of nitrogens with zero attached hydrogens (tertiary/aromatic N) is 4. The molecule has 118 valence electrons. The van der Waals surface area contributed by atoms with Crippen molar-refractivity contribution in [2.45, 2.75) is 24.9 Å². The van der Waals surface area contributed by atoms with Gasteiger partial charge in [0.05, 0.1) is 12.2 Å². The molecule has 10 heteroatoms. The first-order chi connectivity index (χ1) is 10.5. The van der Waals surface area contributed by atoms with E-state index in [-0.39, 0.29) is 24.2 Å². The van der Waals surface area contributed by atoms with Gasteiger partial charge in [0.15, 0.2) is 5.69 Å². The molecule has 2 saturated heterocycles. The van der Waals surface area contributed by atoms with Gasteiger partial charge in [-0.05, 0) is 12.8 Å². The topological polar surface area (TPSA) is 132 Å². The van der Waals surface area contributed by atoms with Crippen LogP contribution in [0.5, 0.6) is 0 Å². The molecule has 3 rings (SSSR count). The molecule has 0 unspecified atom stereocenters. The zero-order valence-corrected chi connectivity index (χ0v) is 11.8. The van der Waals surface area contributed by atoms with Crippen LogP contribution in [0.25, 0.3) is 0 Å². The summed E-state index contributed by atoms with van der Waals surface area (Å²) in [5, 5.41) is 10.1. The lowest BCUT2D eigenvalue weighted by molar-refractivity contribution is -0.134. The van der Waals surface area contributed by atoms with E-state index in [4.69, 9.17) is 10.5 Å². The molecule has 1 atom stereocenters. The van der Waals surface area contributed by atoms with Crippen LogP contribution in [0.15, 0.2) is 6.20 Å². The maximum absolute atomic E-state index is 12.2. The van der Waals surface area contributed by atoms with Crippen molar-refractivity contribution in [2.24, 2.45) is 5.73 Å². The van der Waals surface area contributed by atoms with Crippen molar-refractivity contribution in [1.82, 2.24) is 25.2 Å². The van der Waals surface area contributed by atoms with Gasteiger partial charge in [0.1, 0.15) is 12.6 Å². The lowest BCUT2D eigenvalue weighted by Gasteiger charge is -2.32. The van der Waals surface area contributed by atoms with Gasteiger partial charge in [-0.3, -0.25) is 9.59 Å². The average molecular weight is 308 g/mol. The number of primary amides is 1. The van der Waals surface area contributed by atoms with E-state index in [9.17, 15) is 14.4 Å². The fraction of sp³-hybridized carbons (Fsp3) is 0.583. The van der Waals surface area contributed by atoms with Gasteiger partial charge in [-0.15, -0.1) is 5.10 Å². The van der Waals surface area contributed by atoms with Crippen LogP contribution in [-0.2, 0) is 9.53 Å². The van der Waals surface area contributed by atoms with Crippen molar-refractivity contribution in [1.29, 1.82) is 0 Å². The Bertz CT molecular complexity index is 607. The number of carbonyl (C=O) groups is 3. The van der Waals surface area contributed by atoms with Crippen LogP contribution in [0.4, 0.5) is 4.79 Å². The third-order valence-electron chi connectivity index (χ3n) is 3.88. The van der Waals surface area contributed by atoms with E-state index in [0.717, 1.165) is 0 Å². The fourth-order valence-electron chi connectivity index (χ4n) is 2.66. The Hall–Kier alpha value is -2.65. The molecule has 3 heterocycles. The van der Waals surface area contributed by atoms with Crippen LogP contribution in [0.3, 0.4) is 0 Å². The van der Waals surface area contributed by atoms with E-state index in [1.54, 1.807) is 9.58 Å². The van der Waals surface area contributed by atoms with Crippen LogP contribution >= 0.6 is 0 Å². The molecule has 3 N–H and O–H groups in total. The van der Waals surface area contributed by atoms with Gasteiger partial charge < -0.3 is 20.7 Å². The van der Waals surface area contributed by atoms with Gasteiger partial charge in [0.25, 0.3) is 5.91 Å².